The van der Waals surface area contributed by atoms with E-state index >= 15 is 0 Å². The normalized spacial score (nSPS) is 14.7. The van der Waals surface area contributed by atoms with Gasteiger partial charge in [-0.15, -0.1) is 0 Å². The zero-order valence-corrected chi connectivity index (χ0v) is 13.8. The van der Waals surface area contributed by atoms with E-state index in [-0.39, 0.29) is 6.04 Å². The quantitative estimate of drug-likeness (QED) is 0.888. The van der Waals surface area contributed by atoms with Gasteiger partial charge in [-0.05, 0) is 33.4 Å². The first kappa shape index (κ1) is 15.3. The van der Waals surface area contributed by atoms with Crippen LogP contribution in [0.2, 0.25) is 0 Å². The summed E-state index contributed by atoms with van der Waals surface area (Å²) in [6, 6.07) is 2.78. The van der Waals surface area contributed by atoms with Gasteiger partial charge < -0.3 is 5.32 Å². The molecule has 2 heterocycles. The van der Waals surface area contributed by atoms with E-state index in [0.29, 0.717) is 6.04 Å². The van der Waals surface area contributed by atoms with Crippen molar-refractivity contribution in [3.05, 3.63) is 29.2 Å². The van der Waals surface area contributed by atoms with Gasteiger partial charge in [-0.2, -0.15) is 16.9 Å². The summed E-state index contributed by atoms with van der Waals surface area (Å²) >= 11 is 1.97. The Morgan fingerprint density at radius 3 is 2.80 bits per heavy atom. The summed E-state index contributed by atoms with van der Waals surface area (Å²) in [6.07, 6.45) is 1.98. The molecular formula is C15H24N4S. The summed E-state index contributed by atoms with van der Waals surface area (Å²) in [7, 11) is 0. The number of hydrogen-bond acceptors (Lipinski definition) is 4. The minimum Gasteiger partial charge on any atom is -0.307 e. The topological polar surface area (TPSA) is 42.2 Å². The van der Waals surface area contributed by atoms with Crippen molar-refractivity contribution in [3.8, 4) is 0 Å². The van der Waals surface area contributed by atoms with Crippen LogP contribution in [0, 0.1) is 13.8 Å². The fourth-order valence-corrected chi connectivity index (χ4v) is 3.15. The van der Waals surface area contributed by atoms with Gasteiger partial charge in [-0.1, -0.05) is 6.92 Å². The highest BCUT2D eigenvalue weighted by Gasteiger charge is 2.14. The van der Waals surface area contributed by atoms with Gasteiger partial charge in [0.1, 0.15) is 0 Å². The van der Waals surface area contributed by atoms with Gasteiger partial charge >= 0.3 is 0 Å². The van der Waals surface area contributed by atoms with Crippen LogP contribution in [-0.2, 0) is 0 Å². The van der Waals surface area contributed by atoms with Crippen molar-refractivity contribution in [1.82, 2.24) is 19.9 Å². The lowest BCUT2D eigenvalue weighted by atomic mass is 10.1. The van der Waals surface area contributed by atoms with Gasteiger partial charge in [-0.25, -0.2) is 9.50 Å². The van der Waals surface area contributed by atoms with Crippen LogP contribution in [0.5, 0.6) is 0 Å². The molecule has 0 spiro atoms. The maximum Gasteiger partial charge on any atom is 0.155 e. The average molecular weight is 292 g/mol. The summed E-state index contributed by atoms with van der Waals surface area (Å²) in [5.41, 5.74) is 4.31. The summed E-state index contributed by atoms with van der Waals surface area (Å²) in [6.45, 7) is 10.7. The lowest BCUT2D eigenvalue weighted by molar-refractivity contribution is 0.505. The third kappa shape index (κ3) is 3.33. The molecule has 0 fully saturated rings. The molecule has 0 saturated heterocycles. The minimum atomic E-state index is 0.281. The maximum absolute atomic E-state index is 4.51. The lowest BCUT2D eigenvalue weighted by Crippen LogP contribution is -2.31. The first-order valence-electron chi connectivity index (χ1n) is 7.18. The zero-order chi connectivity index (χ0) is 14.7. The second-order valence-corrected chi connectivity index (χ2v) is 6.62. The molecule has 0 aliphatic carbocycles. The van der Waals surface area contributed by atoms with Crippen molar-refractivity contribution in [3.63, 3.8) is 0 Å². The molecule has 20 heavy (non-hydrogen) atoms. The number of aromatic nitrogens is 3. The molecule has 110 valence electrons. The van der Waals surface area contributed by atoms with E-state index in [9.17, 15) is 0 Å². The van der Waals surface area contributed by atoms with Gasteiger partial charge in [-0.3, -0.25) is 0 Å². The largest absolute Gasteiger partial charge is 0.307 e. The molecular weight excluding hydrogens is 268 g/mol. The molecule has 2 aromatic rings. The maximum atomic E-state index is 4.51. The van der Waals surface area contributed by atoms with E-state index in [1.54, 1.807) is 0 Å². The minimum absolute atomic E-state index is 0.281. The van der Waals surface area contributed by atoms with Crippen molar-refractivity contribution in [2.45, 2.75) is 46.7 Å². The van der Waals surface area contributed by atoms with Crippen LogP contribution in [0.3, 0.4) is 0 Å². The van der Waals surface area contributed by atoms with Gasteiger partial charge in [0.2, 0.25) is 0 Å². The van der Waals surface area contributed by atoms with Crippen molar-refractivity contribution in [2.75, 3.05) is 11.5 Å². The summed E-state index contributed by atoms with van der Waals surface area (Å²) in [5.74, 6) is 2.30. The second kappa shape index (κ2) is 6.59. The molecule has 1 N–H and O–H groups in total. The highest BCUT2D eigenvalue weighted by Crippen LogP contribution is 2.19. The first-order chi connectivity index (χ1) is 9.52. The molecule has 4 nitrogen and oxygen atoms in total. The van der Waals surface area contributed by atoms with Gasteiger partial charge in [0, 0.05) is 41.4 Å². The number of rotatable bonds is 6. The van der Waals surface area contributed by atoms with E-state index in [2.05, 4.69) is 43.1 Å². The summed E-state index contributed by atoms with van der Waals surface area (Å²) in [5, 5.41) is 8.15. The lowest BCUT2D eigenvalue weighted by Gasteiger charge is -2.21. The Hall–Kier alpha value is -1.07. The molecule has 2 unspecified atom stereocenters. The number of fused-ring (bicyclic) bond motifs is 1. The highest BCUT2D eigenvalue weighted by molar-refractivity contribution is 7.99. The van der Waals surface area contributed by atoms with Gasteiger partial charge in [0.15, 0.2) is 5.65 Å². The standard InChI is InChI=1S/C15H24N4S/c1-6-20-9-11(3)17-12(4)14-8-16-15-7-10(2)18-19(15)13(14)5/h7-8,11-12,17H,6,9H2,1-5H3. The monoisotopic (exact) mass is 292 g/mol. The molecule has 5 heteroatoms. The smallest absolute Gasteiger partial charge is 0.155 e. The summed E-state index contributed by atoms with van der Waals surface area (Å²) < 4.78 is 1.94. The molecule has 2 rings (SSSR count). The third-order valence-electron chi connectivity index (χ3n) is 3.46. The van der Waals surface area contributed by atoms with Crippen LogP contribution in [0.1, 0.15) is 43.8 Å². The Balaban J connectivity index is 2.17. The molecule has 0 bridgehead atoms. The van der Waals surface area contributed by atoms with E-state index in [1.807, 2.05) is 35.5 Å². The predicted octanol–water partition coefficient (Wildman–Crippen LogP) is 3.14. The molecule has 0 radical (unpaired) electrons. The van der Waals surface area contributed by atoms with Crippen LogP contribution in [0.15, 0.2) is 12.3 Å². The van der Waals surface area contributed by atoms with Gasteiger partial charge in [0.25, 0.3) is 0 Å². The van der Waals surface area contributed by atoms with E-state index in [0.717, 1.165) is 17.1 Å². The fraction of sp³-hybridized carbons (Fsp3) is 0.600. The van der Waals surface area contributed by atoms with Crippen LogP contribution in [0.25, 0.3) is 5.65 Å². The number of thioether (sulfide) groups is 1. The SMILES string of the molecule is CCSCC(C)NC(C)c1cnc2cc(C)nn2c1C. The molecule has 0 aliphatic heterocycles. The molecule has 2 aromatic heterocycles. The van der Waals surface area contributed by atoms with Crippen molar-refractivity contribution >= 4 is 17.4 Å². The molecule has 0 amide bonds. The number of nitrogens with one attached hydrogen (secondary N) is 1. The second-order valence-electron chi connectivity index (χ2n) is 5.30. The van der Waals surface area contributed by atoms with E-state index < -0.39 is 0 Å². The molecule has 0 aliphatic rings. The van der Waals surface area contributed by atoms with Crippen LogP contribution >= 0.6 is 11.8 Å². The van der Waals surface area contributed by atoms with Crippen LogP contribution in [-0.4, -0.2) is 32.1 Å². The number of nitrogens with zero attached hydrogens (tertiary/aromatic N) is 3. The predicted molar refractivity (Wildman–Crippen MR) is 86.5 cm³/mol. The zero-order valence-electron chi connectivity index (χ0n) is 13.0. The Labute approximate surface area is 125 Å². The van der Waals surface area contributed by atoms with Crippen LogP contribution in [0.4, 0.5) is 0 Å². The van der Waals surface area contributed by atoms with Crippen LogP contribution < -0.4 is 5.32 Å². The average Bonchev–Trinajstić information content (AvgIpc) is 2.78. The molecule has 0 saturated carbocycles. The van der Waals surface area contributed by atoms with E-state index in [4.69, 9.17) is 0 Å². The first-order valence-corrected chi connectivity index (χ1v) is 8.34. The number of aryl methyl sites for hydroxylation is 2. The highest BCUT2D eigenvalue weighted by atomic mass is 32.2. The van der Waals surface area contributed by atoms with E-state index in [1.165, 1.54) is 17.0 Å². The Morgan fingerprint density at radius 1 is 1.35 bits per heavy atom. The van der Waals surface area contributed by atoms with Crippen molar-refractivity contribution in [1.29, 1.82) is 0 Å². The Kier molecular flexibility index (Phi) is 5.05. The van der Waals surface area contributed by atoms with Crippen molar-refractivity contribution < 1.29 is 0 Å². The summed E-state index contributed by atoms with van der Waals surface area (Å²) in [4.78, 5) is 4.51. The number of hydrogen-bond donors (Lipinski definition) is 1. The molecule has 2 atom stereocenters. The Morgan fingerprint density at radius 2 is 2.10 bits per heavy atom. The molecule has 0 aromatic carbocycles. The Bertz CT molecular complexity index is 579. The third-order valence-corrected chi connectivity index (χ3v) is 4.60. The van der Waals surface area contributed by atoms with Crippen molar-refractivity contribution in [2.24, 2.45) is 0 Å². The fourth-order valence-electron chi connectivity index (χ4n) is 2.46. The van der Waals surface area contributed by atoms with Gasteiger partial charge in [0.05, 0.1) is 5.69 Å².